The fourth-order valence-electron chi connectivity index (χ4n) is 4.24. The number of ether oxygens (including phenoxy) is 1. The number of rotatable bonds is 4. The molecule has 1 saturated heterocycles. The third-order valence-corrected chi connectivity index (χ3v) is 5.69. The Labute approximate surface area is 161 Å². The van der Waals surface area contributed by atoms with Crippen molar-refractivity contribution in [3.63, 3.8) is 0 Å². The summed E-state index contributed by atoms with van der Waals surface area (Å²) in [5.41, 5.74) is 1.13. The van der Waals surface area contributed by atoms with Gasteiger partial charge in [-0.05, 0) is 56.5 Å². The Bertz CT molecular complexity index is 624. The lowest BCUT2D eigenvalue weighted by atomic mass is 10.00. The van der Waals surface area contributed by atoms with E-state index in [1.165, 1.54) is 45.6 Å². The molecule has 0 unspecified atom stereocenters. The number of likely N-dealkylation sites (tertiary alicyclic amines) is 1. The summed E-state index contributed by atoms with van der Waals surface area (Å²) >= 11 is 0. The number of methoxy groups -OCH3 is 1. The van der Waals surface area contributed by atoms with Gasteiger partial charge in [0.1, 0.15) is 0 Å². The first-order valence-electron chi connectivity index (χ1n) is 10.2. The molecule has 2 fully saturated rings. The van der Waals surface area contributed by atoms with Gasteiger partial charge in [-0.1, -0.05) is 25.7 Å². The fraction of sp³-hybridized carbons (Fsp3) is 0.619. The quantitative estimate of drug-likeness (QED) is 0.622. The highest BCUT2D eigenvalue weighted by molar-refractivity contribution is 5.92. The molecule has 1 aliphatic heterocycles. The summed E-state index contributed by atoms with van der Waals surface area (Å²) in [6, 6.07) is 7.41. The molecule has 6 heteroatoms. The Hall–Kier alpha value is -2.08. The van der Waals surface area contributed by atoms with E-state index in [4.69, 9.17) is 0 Å². The lowest BCUT2D eigenvalue weighted by Gasteiger charge is -2.38. The number of anilines is 1. The summed E-state index contributed by atoms with van der Waals surface area (Å²) in [5.74, 6) is -0.383. The number of amides is 2. The van der Waals surface area contributed by atoms with Crippen molar-refractivity contribution in [2.45, 2.75) is 63.5 Å². The van der Waals surface area contributed by atoms with Gasteiger partial charge in [0.2, 0.25) is 0 Å². The minimum Gasteiger partial charge on any atom is -0.465 e. The van der Waals surface area contributed by atoms with E-state index >= 15 is 0 Å². The molecule has 0 radical (unpaired) electrons. The van der Waals surface area contributed by atoms with Crippen LogP contribution in [0.4, 0.5) is 10.5 Å². The topological polar surface area (TPSA) is 70.7 Å². The standard InChI is InChI=1S/C21H31N3O3/c1-27-20(25)16-10-12-17(13-11-16)22-21(26)23-18-7-6-14-24(15-18)19-8-4-2-3-5-9-19/h10-13,18-19H,2-9,14-15H2,1H3,(H2,22,23,26)/t18-/m1/s1. The average Bonchev–Trinajstić information content (AvgIpc) is 2.97. The molecule has 0 spiro atoms. The van der Waals surface area contributed by atoms with Crippen LogP contribution in [0.15, 0.2) is 24.3 Å². The second kappa shape index (κ2) is 9.74. The number of esters is 1. The van der Waals surface area contributed by atoms with Gasteiger partial charge in [-0.25, -0.2) is 9.59 Å². The van der Waals surface area contributed by atoms with Gasteiger partial charge in [0.15, 0.2) is 0 Å². The molecule has 1 saturated carbocycles. The molecule has 1 atom stereocenters. The Morgan fingerprint density at radius 1 is 1.00 bits per heavy atom. The van der Waals surface area contributed by atoms with Gasteiger partial charge >= 0.3 is 12.0 Å². The third-order valence-electron chi connectivity index (χ3n) is 5.69. The predicted molar refractivity (Wildman–Crippen MR) is 106 cm³/mol. The Morgan fingerprint density at radius 2 is 1.70 bits per heavy atom. The van der Waals surface area contributed by atoms with Crippen LogP contribution in [-0.4, -0.2) is 49.2 Å². The molecule has 1 aliphatic carbocycles. The van der Waals surface area contributed by atoms with Crippen molar-refractivity contribution in [1.29, 1.82) is 0 Å². The Morgan fingerprint density at radius 3 is 2.37 bits per heavy atom. The average molecular weight is 373 g/mol. The first kappa shape index (κ1) is 19.7. The van der Waals surface area contributed by atoms with Gasteiger partial charge in [0.05, 0.1) is 12.7 Å². The van der Waals surface area contributed by atoms with Crippen LogP contribution in [0.1, 0.15) is 61.7 Å². The van der Waals surface area contributed by atoms with E-state index in [1.54, 1.807) is 24.3 Å². The van der Waals surface area contributed by atoms with Crippen molar-refractivity contribution < 1.29 is 14.3 Å². The zero-order valence-corrected chi connectivity index (χ0v) is 16.2. The lowest BCUT2D eigenvalue weighted by Crippen LogP contribution is -2.51. The minimum absolute atomic E-state index is 0.187. The van der Waals surface area contributed by atoms with Crippen molar-refractivity contribution in [3.05, 3.63) is 29.8 Å². The number of nitrogens with one attached hydrogen (secondary N) is 2. The van der Waals surface area contributed by atoms with E-state index in [0.717, 1.165) is 25.9 Å². The molecule has 6 nitrogen and oxygen atoms in total. The van der Waals surface area contributed by atoms with Crippen molar-refractivity contribution in [2.24, 2.45) is 0 Å². The normalized spacial score (nSPS) is 21.9. The van der Waals surface area contributed by atoms with Gasteiger partial charge in [-0.15, -0.1) is 0 Å². The van der Waals surface area contributed by atoms with E-state index in [1.807, 2.05) is 0 Å². The first-order valence-corrected chi connectivity index (χ1v) is 10.2. The molecule has 1 aromatic carbocycles. The van der Waals surface area contributed by atoms with E-state index in [0.29, 0.717) is 17.3 Å². The predicted octanol–water partition coefficient (Wildman–Crippen LogP) is 3.78. The number of carbonyl (C=O) groups excluding carboxylic acids is 2. The van der Waals surface area contributed by atoms with Crippen LogP contribution in [0.3, 0.4) is 0 Å². The molecule has 3 rings (SSSR count). The lowest BCUT2D eigenvalue weighted by molar-refractivity contribution is 0.0600. The van der Waals surface area contributed by atoms with Gasteiger partial charge < -0.3 is 15.4 Å². The molecule has 2 N–H and O–H groups in total. The van der Waals surface area contributed by atoms with Gasteiger partial charge in [0.25, 0.3) is 0 Å². The van der Waals surface area contributed by atoms with Crippen molar-refractivity contribution >= 4 is 17.7 Å². The second-order valence-electron chi connectivity index (χ2n) is 7.65. The number of hydrogen-bond donors (Lipinski definition) is 2. The Balaban J connectivity index is 1.49. The maximum atomic E-state index is 12.4. The van der Waals surface area contributed by atoms with Crippen LogP contribution >= 0.6 is 0 Å². The van der Waals surface area contributed by atoms with Crippen molar-refractivity contribution in [1.82, 2.24) is 10.2 Å². The number of urea groups is 1. The number of piperidine rings is 1. The molecule has 1 aromatic rings. The third kappa shape index (κ3) is 5.70. The van der Waals surface area contributed by atoms with Gasteiger partial charge in [0, 0.05) is 24.3 Å². The summed E-state index contributed by atoms with van der Waals surface area (Å²) in [6.45, 7) is 2.10. The number of hydrogen-bond acceptors (Lipinski definition) is 4. The number of nitrogens with zero attached hydrogens (tertiary/aromatic N) is 1. The number of carbonyl (C=O) groups is 2. The van der Waals surface area contributed by atoms with Crippen LogP contribution < -0.4 is 10.6 Å². The van der Waals surface area contributed by atoms with Gasteiger partial charge in [-0.3, -0.25) is 4.90 Å². The highest BCUT2D eigenvalue weighted by Crippen LogP contribution is 2.24. The molecule has 1 heterocycles. The molecule has 2 aliphatic rings. The Kier molecular flexibility index (Phi) is 7.10. The zero-order chi connectivity index (χ0) is 19.1. The fourth-order valence-corrected chi connectivity index (χ4v) is 4.24. The number of benzene rings is 1. The molecular formula is C21H31N3O3. The van der Waals surface area contributed by atoms with E-state index in [-0.39, 0.29) is 18.0 Å². The summed E-state index contributed by atoms with van der Waals surface area (Å²) in [7, 11) is 1.35. The SMILES string of the molecule is COC(=O)c1ccc(NC(=O)N[C@@H]2CCCN(C3CCCCCC3)C2)cc1. The second-order valence-corrected chi connectivity index (χ2v) is 7.65. The minimum atomic E-state index is -0.383. The molecule has 0 bridgehead atoms. The van der Waals surface area contributed by atoms with Crippen molar-refractivity contribution in [3.8, 4) is 0 Å². The van der Waals surface area contributed by atoms with Crippen molar-refractivity contribution in [2.75, 3.05) is 25.5 Å². The monoisotopic (exact) mass is 373 g/mol. The van der Waals surface area contributed by atoms with Crippen LogP contribution in [0.25, 0.3) is 0 Å². The van der Waals surface area contributed by atoms with E-state index < -0.39 is 0 Å². The van der Waals surface area contributed by atoms with Crippen LogP contribution in [0.2, 0.25) is 0 Å². The molecule has 2 amide bonds. The van der Waals surface area contributed by atoms with Crippen LogP contribution in [-0.2, 0) is 4.74 Å². The van der Waals surface area contributed by atoms with Gasteiger partial charge in [-0.2, -0.15) is 0 Å². The maximum absolute atomic E-state index is 12.4. The summed E-state index contributed by atoms with van der Waals surface area (Å²) in [4.78, 5) is 26.4. The molecule has 0 aromatic heterocycles. The molecular weight excluding hydrogens is 342 g/mol. The van der Waals surface area contributed by atoms with Crippen LogP contribution in [0, 0.1) is 0 Å². The summed E-state index contributed by atoms with van der Waals surface area (Å²) in [6.07, 6.45) is 10.2. The smallest absolute Gasteiger partial charge is 0.337 e. The maximum Gasteiger partial charge on any atom is 0.337 e. The van der Waals surface area contributed by atoms with Crippen LogP contribution in [0.5, 0.6) is 0 Å². The largest absolute Gasteiger partial charge is 0.465 e. The highest BCUT2D eigenvalue weighted by Gasteiger charge is 2.27. The zero-order valence-electron chi connectivity index (χ0n) is 16.2. The summed E-state index contributed by atoms with van der Waals surface area (Å²) in [5, 5.41) is 5.97. The molecule has 27 heavy (non-hydrogen) atoms. The van der Waals surface area contributed by atoms with E-state index in [9.17, 15) is 9.59 Å². The highest BCUT2D eigenvalue weighted by atomic mass is 16.5. The molecule has 148 valence electrons. The summed E-state index contributed by atoms with van der Waals surface area (Å²) < 4.78 is 4.68. The first-order chi connectivity index (χ1) is 13.2. The van der Waals surface area contributed by atoms with E-state index in [2.05, 4.69) is 20.3 Å².